The molecular weight excluding hydrogens is 913 g/mol. The molecule has 6 heterocycles. The predicted octanol–water partition coefficient (Wildman–Crippen LogP) is 6.40. The summed E-state index contributed by atoms with van der Waals surface area (Å²) in [5.74, 6) is -0.434. The van der Waals surface area contributed by atoms with Crippen molar-refractivity contribution in [1.29, 1.82) is 0 Å². The Kier molecular flexibility index (Phi) is 15.2. The van der Waals surface area contributed by atoms with Crippen LogP contribution in [0.15, 0.2) is 83.1 Å². The summed E-state index contributed by atoms with van der Waals surface area (Å²) in [7, 11) is 0. The second-order valence-electron chi connectivity index (χ2n) is 19.0. The number of likely N-dealkylation sites (tertiary alicyclic amines) is 2. The van der Waals surface area contributed by atoms with Crippen LogP contribution in [0.1, 0.15) is 81.9 Å². The Bertz CT molecular complexity index is 2710. The molecule has 1 saturated carbocycles. The minimum atomic E-state index is -0.828. The number of amides is 2. The van der Waals surface area contributed by atoms with Crippen LogP contribution in [0.4, 0.5) is 5.82 Å². The van der Waals surface area contributed by atoms with Crippen molar-refractivity contribution < 1.29 is 38.5 Å². The van der Waals surface area contributed by atoms with Gasteiger partial charge in [-0.1, -0.05) is 50.2 Å². The van der Waals surface area contributed by atoms with E-state index in [4.69, 9.17) is 24.5 Å². The molecule has 2 saturated heterocycles. The number of rotatable bonds is 19. The lowest BCUT2D eigenvalue weighted by atomic mass is 9.91. The van der Waals surface area contributed by atoms with Gasteiger partial charge in [-0.25, -0.2) is 4.98 Å². The van der Waals surface area contributed by atoms with E-state index in [9.17, 15) is 19.8 Å². The molecule has 0 bridgehead atoms. The van der Waals surface area contributed by atoms with E-state index in [-0.39, 0.29) is 66.6 Å². The number of thiazole rings is 1. The molecule has 19 heteroatoms. The summed E-state index contributed by atoms with van der Waals surface area (Å²) in [6, 6.07) is 17.3. The van der Waals surface area contributed by atoms with E-state index in [2.05, 4.69) is 35.7 Å². The number of nitrogen functional groups attached to an aromatic ring is 1. The number of benzene rings is 2. The number of aromatic hydroxyl groups is 1. The fourth-order valence-electron chi connectivity index (χ4n) is 9.58. The number of para-hydroxylation sites is 1. The number of nitrogens with one attached hydrogen (secondary N) is 1. The summed E-state index contributed by atoms with van der Waals surface area (Å²) in [5, 5.41) is 41.0. The maximum atomic E-state index is 14.2. The van der Waals surface area contributed by atoms with Crippen molar-refractivity contribution in [3.8, 4) is 44.5 Å². The van der Waals surface area contributed by atoms with Crippen molar-refractivity contribution in [2.24, 2.45) is 5.92 Å². The van der Waals surface area contributed by atoms with Gasteiger partial charge < -0.3 is 44.9 Å². The molecule has 4 atom stereocenters. The summed E-state index contributed by atoms with van der Waals surface area (Å²) < 4.78 is 26.1. The number of aromatic nitrogens is 6. The number of hydrogen-bond donors (Lipinski definition) is 4. The quantitative estimate of drug-likeness (QED) is 0.0688. The van der Waals surface area contributed by atoms with Crippen molar-refractivity contribution in [3.63, 3.8) is 0 Å². The summed E-state index contributed by atoms with van der Waals surface area (Å²) in [5.41, 5.74) is 13.6. The lowest BCUT2D eigenvalue weighted by Crippen LogP contribution is -2.48. The number of aryl methyl sites for hydroxylation is 1. The fraction of sp³-hybridized carbons (Fsp3) is 0.471. The molecule has 2 aliphatic heterocycles. The molecule has 5 N–H and O–H groups in total. The standard InChI is InChI=1S/C51H62N10O8S/c1-30(2)47(51(65)61-28-36(62)21-43(61)50(64)55-31(3)33-9-11-34(12-10-33)48-32(4)53-29-70-48)45-25-46(58-69-45)67-19-17-59-15-13-37(14-16-59)68-39-22-38(23-39)66-20-18-60-27-35(26-54-60)41-24-42(56-57-49(41)52)40-7-5-6-8-44(40)63/h5-12,24-27,29-31,36-39,43,47,62-63H,13-23,28H2,1-4H3,(H2,52,57)(H,55,64)/t31-,36+,38?,39?,43-,47?/m0/s1. The predicted molar refractivity (Wildman–Crippen MR) is 263 cm³/mol. The normalized spacial score (nSPS) is 20.6. The lowest BCUT2D eigenvalue weighted by molar-refractivity contribution is -0.141. The fourth-order valence-corrected chi connectivity index (χ4v) is 10.4. The molecule has 370 valence electrons. The van der Waals surface area contributed by atoms with Crippen LogP contribution in [0.5, 0.6) is 11.6 Å². The second-order valence-corrected chi connectivity index (χ2v) is 19.8. The van der Waals surface area contributed by atoms with Crippen molar-refractivity contribution in [2.45, 2.75) is 109 Å². The monoisotopic (exact) mass is 974 g/mol. The first kappa shape index (κ1) is 48.8. The average Bonchev–Trinajstić information content (AvgIpc) is 4.18. The van der Waals surface area contributed by atoms with Crippen LogP contribution < -0.4 is 15.8 Å². The third-order valence-electron chi connectivity index (χ3n) is 13.6. The van der Waals surface area contributed by atoms with E-state index >= 15 is 0 Å². The minimum absolute atomic E-state index is 0.0531. The minimum Gasteiger partial charge on any atom is -0.507 e. The largest absolute Gasteiger partial charge is 0.507 e. The molecule has 3 aliphatic rings. The number of carbonyl (C=O) groups excluding carboxylic acids is 2. The summed E-state index contributed by atoms with van der Waals surface area (Å²) in [4.78, 5) is 37.2. The van der Waals surface area contributed by atoms with Gasteiger partial charge in [-0.05, 0) is 79.9 Å². The maximum Gasteiger partial charge on any atom is 0.254 e. The van der Waals surface area contributed by atoms with E-state index < -0.39 is 18.1 Å². The van der Waals surface area contributed by atoms with Gasteiger partial charge in [0.15, 0.2) is 11.6 Å². The number of β-amino-alcohol motifs (C(OH)–C–C–N with tert-alkyl or cyclic N) is 1. The Morgan fingerprint density at radius 3 is 2.47 bits per heavy atom. The van der Waals surface area contributed by atoms with Gasteiger partial charge in [-0.2, -0.15) is 5.10 Å². The molecule has 3 fully saturated rings. The zero-order valence-corrected chi connectivity index (χ0v) is 40.8. The number of carbonyl (C=O) groups is 2. The number of aliphatic hydroxyl groups excluding tert-OH is 1. The first-order valence-electron chi connectivity index (χ1n) is 24.2. The zero-order chi connectivity index (χ0) is 48.9. The second kappa shape index (κ2) is 21.8. The molecule has 9 rings (SSSR count). The Morgan fingerprint density at radius 1 is 0.943 bits per heavy atom. The number of phenolic OH excluding ortho intramolecular Hbond substituents is 1. The van der Waals surface area contributed by atoms with Crippen LogP contribution in [0.25, 0.3) is 32.8 Å². The molecule has 1 aliphatic carbocycles. The van der Waals surface area contributed by atoms with Gasteiger partial charge in [0.05, 0.1) is 71.6 Å². The van der Waals surface area contributed by atoms with Crippen molar-refractivity contribution in [1.82, 2.24) is 45.2 Å². The number of phenols is 1. The van der Waals surface area contributed by atoms with Gasteiger partial charge in [-0.15, -0.1) is 21.5 Å². The first-order valence-corrected chi connectivity index (χ1v) is 25.1. The highest BCUT2D eigenvalue weighted by Gasteiger charge is 2.44. The molecule has 0 radical (unpaired) electrons. The Labute approximate surface area is 411 Å². The topological polar surface area (TPSA) is 229 Å². The van der Waals surface area contributed by atoms with Crippen LogP contribution >= 0.6 is 11.3 Å². The highest BCUT2D eigenvalue weighted by molar-refractivity contribution is 7.13. The SMILES string of the molecule is Cc1ncsc1-c1ccc([C@H](C)NC(=O)[C@@H]2C[C@@H](O)CN2C(=O)C(c2cc(OCCN3CCC(OC4CC(OCCn5cc(-c6cc(-c7ccccc7O)nnc6N)cn5)C4)CC3)no2)C(C)C)cc1. The molecular formula is C51H62N10O8S. The zero-order valence-electron chi connectivity index (χ0n) is 40.0. The Morgan fingerprint density at radius 2 is 1.73 bits per heavy atom. The molecule has 1 unspecified atom stereocenters. The van der Waals surface area contributed by atoms with Gasteiger partial charge in [0.25, 0.3) is 5.88 Å². The molecule has 2 amide bonds. The van der Waals surface area contributed by atoms with Gasteiger partial charge >= 0.3 is 0 Å². The lowest BCUT2D eigenvalue weighted by Gasteiger charge is -2.39. The van der Waals surface area contributed by atoms with Crippen molar-refractivity contribution >= 4 is 29.0 Å². The highest BCUT2D eigenvalue weighted by Crippen LogP contribution is 2.35. The van der Waals surface area contributed by atoms with E-state index in [1.807, 2.05) is 80.5 Å². The average molecular weight is 975 g/mol. The molecule has 70 heavy (non-hydrogen) atoms. The van der Waals surface area contributed by atoms with Crippen LogP contribution in [0, 0.1) is 12.8 Å². The van der Waals surface area contributed by atoms with Crippen LogP contribution in [-0.2, 0) is 25.6 Å². The number of aliphatic hydroxyl groups is 1. The third kappa shape index (κ3) is 11.3. The number of ether oxygens (including phenoxy) is 3. The number of hydrogen-bond acceptors (Lipinski definition) is 16. The first-order chi connectivity index (χ1) is 33.9. The van der Waals surface area contributed by atoms with Gasteiger partial charge in [0, 0.05) is 61.6 Å². The van der Waals surface area contributed by atoms with E-state index in [0.29, 0.717) is 54.8 Å². The molecule has 18 nitrogen and oxygen atoms in total. The Hall–Kier alpha value is -6.25. The number of nitrogens with zero attached hydrogens (tertiary/aromatic N) is 8. The molecule has 0 spiro atoms. The van der Waals surface area contributed by atoms with Crippen LogP contribution in [-0.4, -0.2) is 132 Å². The van der Waals surface area contributed by atoms with Gasteiger partial charge in [0.1, 0.15) is 24.3 Å². The summed E-state index contributed by atoms with van der Waals surface area (Å²) in [6.45, 7) is 11.8. The smallest absolute Gasteiger partial charge is 0.254 e. The Balaban J connectivity index is 0.671. The molecule has 4 aromatic heterocycles. The maximum absolute atomic E-state index is 14.2. The number of piperidine rings is 1. The van der Waals surface area contributed by atoms with E-state index in [1.165, 1.54) is 4.90 Å². The number of anilines is 1. The molecule has 2 aromatic carbocycles. The van der Waals surface area contributed by atoms with Gasteiger partial charge in [0.2, 0.25) is 11.8 Å². The molecule has 6 aromatic rings. The van der Waals surface area contributed by atoms with Crippen molar-refractivity contribution in [3.05, 3.63) is 95.6 Å². The van der Waals surface area contributed by atoms with Gasteiger partial charge in [-0.3, -0.25) is 19.2 Å². The van der Waals surface area contributed by atoms with Crippen molar-refractivity contribution in [2.75, 3.05) is 45.1 Å². The van der Waals surface area contributed by atoms with Crippen LogP contribution in [0.2, 0.25) is 0 Å². The third-order valence-corrected chi connectivity index (χ3v) is 14.6. The highest BCUT2D eigenvalue weighted by atomic mass is 32.1. The van der Waals surface area contributed by atoms with E-state index in [1.54, 1.807) is 41.8 Å². The summed E-state index contributed by atoms with van der Waals surface area (Å²) >= 11 is 1.59. The number of nitrogens with two attached hydrogens (primary N) is 1. The van der Waals surface area contributed by atoms with Crippen LogP contribution in [0.3, 0.4) is 0 Å². The summed E-state index contributed by atoms with van der Waals surface area (Å²) in [6.07, 6.45) is 7.14. The van der Waals surface area contributed by atoms with E-state index in [0.717, 1.165) is 66.0 Å².